The van der Waals surface area contributed by atoms with Crippen molar-refractivity contribution in [1.29, 1.82) is 0 Å². The molecule has 1 saturated heterocycles. The van der Waals surface area contributed by atoms with Gasteiger partial charge in [-0.1, -0.05) is 56.3 Å². The summed E-state index contributed by atoms with van der Waals surface area (Å²) in [6.45, 7) is 12.4. The number of hydrogen-bond donors (Lipinski definition) is 0. The molecule has 1 fully saturated rings. The fourth-order valence-electron chi connectivity index (χ4n) is 2.45. The van der Waals surface area contributed by atoms with Crippen LogP contribution in [0.25, 0.3) is 0 Å². The van der Waals surface area contributed by atoms with E-state index in [9.17, 15) is 0 Å². The molecule has 1 aliphatic rings. The van der Waals surface area contributed by atoms with E-state index in [1.807, 2.05) is 0 Å². The van der Waals surface area contributed by atoms with Crippen LogP contribution in [0, 0.1) is 5.92 Å². The molecule has 0 amide bonds. The molecule has 2 nitrogen and oxygen atoms in total. The first-order valence-corrected chi connectivity index (χ1v) is 6.75. The molecule has 1 heterocycles. The molecule has 1 unspecified atom stereocenters. The molecular formula is C16H23NO. The molecule has 98 valence electrons. The average Bonchev–Trinajstić information content (AvgIpc) is 2.41. The Morgan fingerprint density at radius 1 is 1.17 bits per heavy atom. The molecule has 2 heteroatoms. The fourth-order valence-corrected chi connectivity index (χ4v) is 2.45. The van der Waals surface area contributed by atoms with Gasteiger partial charge >= 0.3 is 0 Å². The quantitative estimate of drug-likeness (QED) is 0.755. The molecule has 1 atom stereocenters. The third-order valence-electron chi connectivity index (χ3n) is 3.62. The molecule has 0 bridgehead atoms. The Hall–Kier alpha value is -1.12. The third-order valence-corrected chi connectivity index (χ3v) is 3.62. The van der Waals surface area contributed by atoms with E-state index in [1.165, 1.54) is 11.1 Å². The molecule has 1 aliphatic heterocycles. The zero-order valence-corrected chi connectivity index (χ0v) is 11.4. The first kappa shape index (κ1) is 13.3. The van der Waals surface area contributed by atoms with Gasteiger partial charge in [0.1, 0.15) is 0 Å². The van der Waals surface area contributed by atoms with E-state index in [1.54, 1.807) is 0 Å². The highest BCUT2D eigenvalue weighted by Crippen LogP contribution is 2.32. The van der Waals surface area contributed by atoms with Crippen molar-refractivity contribution in [3.63, 3.8) is 0 Å². The van der Waals surface area contributed by atoms with Gasteiger partial charge in [0.15, 0.2) is 0 Å². The maximum absolute atomic E-state index is 5.45. The van der Waals surface area contributed by atoms with Crippen molar-refractivity contribution in [2.45, 2.75) is 19.9 Å². The van der Waals surface area contributed by atoms with Crippen LogP contribution < -0.4 is 0 Å². The molecule has 1 aromatic rings. The second-order valence-electron chi connectivity index (χ2n) is 5.19. The maximum Gasteiger partial charge on any atom is 0.0594 e. The van der Waals surface area contributed by atoms with E-state index < -0.39 is 0 Å². The van der Waals surface area contributed by atoms with Crippen LogP contribution in [0.3, 0.4) is 0 Å². The minimum atomic E-state index is 0.329. The molecule has 0 saturated carbocycles. The molecular weight excluding hydrogens is 222 g/mol. The molecule has 0 aliphatic carbocycles. The van der Waals surface area contributed by atoms with Crippen molar-refractivity contribution in [3.8, 4) is 0 Å². The van der Waals surface area contributed by atoms with Crippen molar-refractivity contribution in [2.24, 2.45) is 5.92 Å². The predicted molar refractivity (Wildman–Crippen MR) is 75.6 cm³/mol. The molecule has 1 aromatic carbocycles. The Balaban J connectivity index is 2.25. The van der Waals surface area contributed by atoms with E-state index in [0.717, 1.165) is 26.3 Å². The number of rotatable bonds is 4. The van der Waals surface area contributed by atoms with Crippen molar-refractivity contribution in [3.05, 3.63) is 48.0 Å². The van der Waals surface area contributed by atoms with Crippen LogP contribution in [-0.2, 0) is 4.74 Å². The number of morpholine rings is 1. The summed E-state index contributed by atoms with van der Waals surface area (Å²) in [4.78, 5) is 2.49. The largest absolute Gasteiger partial charge is 0.379 e. The van der Waals surface area contributed by atoms with Crippen molar-refractivity contribution < 1.29 is 4.74 Å². The van der Waals surface area contributed by atoms with Crippen LogP contribution in [0.1, 0.15) is 25.5 Å². The van der Waals surface area contributed by atoms with Crippen LogP contribution in [0.4, 0.5) is 0 Å². The zero-order valence-electron chi connectivity index (χ0n) is 11.4. The summed E-state index contributed by atoms with van der Waals surface area (Å²) in [6, 6.07) is 11.0. The number of hydrogen-bond acceptors (Lipinski definition) is 2. The summed E-state index contributed by atoms with van der Waals surface area (Å²) in [5.41, 5.74) is 2.64. The number of benzene rings is 1. The summed E-state index contributed by atoms with van der Waals surface area (Å²) in [7, 11) is 0. The van der Waals surface area contributed by atoms with Gasteiger partial charge in [-0.3, -0.25) is 4.90 Å². The molecule has 2 rings (SSSR count). The van der Waals surface area contributed by atoms with E-state index in [0.29, 0.717) is 12.0 Å². The van der Waals surface area contributed by atoms with Gasteiger partial charge in [0.05, 0.1) is 19.3 Å². The summed E-state index contributed by atoms with van der Waals surface area (Å²) in [5.74, 6) is 0.498. The molecule has 0 spiro atoms. The number of nitrogens with zero attached hydrogens (tertiary/aromatic N) is 1. The van der Waals surface area contributed by atoms with Crippen molar-refractivity contribution in [2.75, 3.05) is 26.3 Å². The predicted octanol–water partition coefficient (Wildman–Crippen LogP) is 3.27. The lowest BCUT2D eigenvalue weighted by molar-refractivity contribution is 0.0219. The zero-order chi connectivity index (χ0) is 13.0. The minimum Gasteiger partial charge on any atom is -0.379 e. The lowest BCUT2D eigenvalue weighted by Gasteiger charge is -2.37. The van der Waals surface area contributed by atoms with Gasteiger partial charge in [-0.2, -0.15) is 0 Å². The Labute approximate surface area is 110 Å². The molecule has 0 radical (unpaired) electrons. The smallest absolute Gasteiger partial charge is 0.0594 e. The Bertz CT molecular complexity index is 379. The normalized spacial score (nSPS) is 18.8. The molecule has 0 N–H and O–H groups in total. The van der Waals surface area contributed by atoms with Crippen molar-refractivity contribution >= 4 is 0 Å². The maximum atomic E-state index is 5.45. The van der Waals surface area contributed by atoms with Gasteiger partial charge < -0.3 is 4.74 Å². The topological polar surface area (TPSA) is 12.5 Å². The Morgan fingerprint density at radius 2 is 1.78 bits per heavy atom. The van der Waals surface area contributed by atoms with Gasteiger partial charge in [0.25, 0.3) is 0 Å². The SMILES string of the molecule is C=C(C(C)C)C(c1ccccc1)N1CCOCC1. The monoisotopic (exact) mass is 245 g/mol. The van der Waals surface area contributed by atoms with Crippen molar-refractivity contribution in [1.82, 2.24) is 4.90 Å². The Morgan fingerprint density at radius 3 is 2.33 bits per heavy atom. The molecule has 18 heavy (non-hydrogen) atoms. The summed E-state index contributed by atoms with van der Waals surface area (Å²) >= 11 is 0. The van der Waals surface area contributed by atoms with E-state index in [-0.39, 0.29) is 0 Å². The van der Waals surface area contributed by atoms with Crippen LogP contribution >= 0.6 is 0 Å². The minimum absolute atomic E-state index is 0.329. The van der Waals surface area contributed by atoms with Crippen LogP contribution in [0.2, 0.25) is 0 Å². The van der Waals surface area contributed by atoms with Crippen LogP contribution in [-0.4, -0.2) is 31.2 Å². The number of ether oxygens (including phenoxy) is 1. The summed E-state index contributed by atoms with van der Waals surface area (Å²) in [5, 5.41) is 0. The van der Waals surface area contributed by atoms with E-state index in [4.69, 9.17) is 4.74 Å². The summed E-state index contributed by atoms with van der Waals surface area (Å²) < 4.78 is 5.45. The van der Waals surface area contributed by atoms with Crippen LogP contribution in [0.15, 0.2) is 42.5 Å². The average molecular weight is 245 g/mol. The van der Waals surface area contributed by atoms with Gasteiger partial charge in [0, 0.05) is 13.1 Å². The van der Waals surface area contributed by atoms with E-state index in [2.05, 4.69) is 55.7 Å². The van der Waals surface area contributed by atoms with Gasteiger partial charge in [-0.05, 0) is 11.5 Å². The standard InChI is InChI=1S/C16H23NO/c1-13(2)14(3)16(15-7-5-4-6-8-15)17-9-11-18-12-10-17/h4-8,13,16H,3,9-12H2,1-2H3. The summed E-state index contributed by atoms with van der Waals surface area (Å²) in [6.07, 6.45) is 0. The fraction of sp³-hybridized carbons (Fsp3) is 0.500. The van der Waals surface area contributed by atoms with Gasteiger partial charge in [-0.15, -0.1) is 0 Å². The highest BCUT2D eigenvalue weighted by molar-refractivity contribution is 5.28. The Kier molecular flexibility index (Phi) is 4.56. The van der Waals surface area contributed by atoms with E-state index >= 15 is 0 Å². The highest BCUT2D eigenvalue weighted by Gasteiger charge is 2.25. The second kappa shape index (κ2) is 6.17. The lowest BCUT2D eigenvalue weighted by Crippen LogP contribution is -2.40. The first-order chi connectivity index (χ1) is 8.70. The van der Waals surface area contributed by atoms with Crippen LogP contribution in [0.5, 0.6) is 0 Å². The third kappa shape index (κ3) is 3.01. The lowest BCUT2D eigenvalue weighted by atomic mass is 9.90. The first-order valence-electron chi connectivity index (χ1n) is 6.75. The van der Waals surface area contributed by atoms with Gasteiger partial charge in [0.2, 0.25) is 0 Å². The highest BCUT2D eigenvalue weighted by atomic mass is 16.5. The molecule has 0 aromatic heterocycles. The van der Waals surface area contributed by atoms with Gasteiger partial charge in [-0.25, -0.2) is 0 Å². The second-order valence-corrected chi connectivity index (χ2v) is 5.19.